The predicted molar refractivity (Wildman–Crippen MR) is 67.3 cm³/mol. The Morgan fingerprint density at radius 1 is 1.44 bits per heavy atom. The van der Waals surface area contributed by atoms with Gasteiger partial charge in [0.15, 0.2) is 0 Å². The molecule has 0 aromatic carbocycles. The highest BCUT2D eigenvalue weighted by Gasteiger charge is 2.23. The Morgan fingerprint density at radius 2 is 2.22 bits per heavy atom. The monoisotopic (exact) mass is 257 g/mol. The molecule has 1 aliphatic heterocycles. The van der Waals surface area contributed by atoms with Crippen molar-refractivity contribution >= 4 is 11.9 Å². The molecular formula is C13H23NO4. The molecule has 0 bridgehead atoms. The van der Waals surface area contributed by atoms with Crippen LogP contribution in [-0.2, 0) is 14.3 Å². The summed E-state index contributed by atoms with van der Waals surface area (Å²) >= 11 is 0. The SMILES string of the molecule is CCC(CCNC(=O)[C@H]1CCCO1)CCC(=O)O. The Bertz CT molecular complexity index is 274. The normalized spacial score (nSPS) is 20.6. The molecule has 0 aliphatic carbocycles. The van der Waals surface area contributed by atoms with Crippen LogP contribution in [0.1, 0.15) is 45.4 Å². The van der Waals surface area contributed by atoms with Crippen molar-refractivity contribution < 1.29 is 19.4 Å². The van der Waals surface area contributed by atoms with Crippen molar-refractivity contribution in [2.45, 2.75) is 51.6 Å². The lowest BCUT2D eigenvalue weighted by Crippen LogP contribution is -2.35. The van der Waals surface area contributed by atoms with Crippen LogP contribution in [0.15, 0.2) is 0 Å². The van der Waals surface area contributed by atoms with Crippen molar-refractivity contribution in [2.75, 3.05) is 13.2 Å². The van der Waals surface area contributed by atoms with Gasteiger partial charge in [0.05, 0.1) is 0 Å². The van der Waals surface area contributed by atoms with E-state index >= 15 is 0 Å². The van der Waals surface area contributed by atoms with Crippen LogP contribution in [0.2, 0.25) is 0 Å². The number of amides is 1. The molecule has 1 saturated heterocycles. The van der Waals surface area contributed by atoms with Gasteiger partial charge in [-0.15, -0.1) is 0 Å². The van der Waals surface area contributed by atoms with Gasteiger partial charge in [-0.25, -0.2) is 0 Å². The molecule has 0 spiro atoms. The summed E-state index contributed by atoms with van der Waals surface area (Å²) in [5, 5.41) is 11.5. The predicted octanol–water partition coefficient (Wildman–Crippen LogP) is 1.56. The van der Waals surface area contributed by atoms with E-state index in [4.69, 9.17) is 9.84 Å². The van der Waals surface area contributed by atoms with Gasteiger partial charge in [-0.05, 0) is 31.6 Å². The molecule has 1 aliphatic rings. The lowest BCUT2D eigenvalue weighted by molar-refractivity contribution is -0.137. The van der Waals surface area contributed by atoms with Crippen LogP contribution in [0.4, 0.5) is 0 Å². The van der Waals surface area contributed by atoms with Gasteiger partial charge in [0.1, 0.15) is 6.10 Å². The maximum Gasteiger partial charge on any atom is 0.303 e. The van der Waals surface area contributed by atoms with E-state index in [0.29, 0.717) is 25.5 Å². The number of ether oxygens (including phenoxy) is 1. The van der Waals surface area contributed by atoms with Crippen LogP contribution in [0, 0.1) is 5.92 Å². The fourth-order valence-electron chi connectivity index (χ4n) is 2.18. The summed E-state index contributed by atoms with van der Waals surface area (Å²) in [7, 11) is 0. The van der Waals surface area contributed by atoms with Crippen molar-refractivity contribution in [3.63, 3.8) is 0 Å². The van der Waals surface area contributed by atoms with Crippen molar-refractivity contribution in [3.05, 3.63) is 0 Å². The quantitative estimate of drug-likeness (QED) is 0.692. The molecule has 1 unspecified atom stereocenters. The van der Waals surface area contributed by atoms with E-state index in [9.17, 15) is 9.59 Å². The zero-order valence-electron chi connectivity index (χ0n) is 11.0. The number of nitrogens with one attached hydrogen (secondary N) is 1. The van der Waals surface area contributed by atoms with Crippen molar-refractivity contribution in [1.82, 2.24) is 5.32 Å². The van der Waals surface area contributed by atoms with Crippen LogP contribution >= 0.6 is 0 Å². The van der Waals surface area contributed by atoms with Crippen molar-refractivity contribution in [1.29, 1.82) is 0 Å². The summed E-state index contributed by atoms with van der Waals surface area (Å²) < 4.78 is 5.29. The van der Waals surface area contributed by atoms with Crippen LogP contribution in [0.25, 0.3) is 0 Å². The first kappa shape index (κ1) is 15.0. The maximum atomic E-state index is 11.7. The van der Waals surface area contributed by atoms with Crippen molar-refractivity contribution in [2.24, 2.45) is 5.92 Å². The Morgan fingerprint density at radius 3 is 2.78 bits per heavy atom. The summed E-state index contributed by atoms with van der Waals surface area (Å²) in [4.78, 5) is 22.1. The summed E-state index contributed by atoms with van der Waals surface area (Å²) in [5.41, 5.74) is 0. The van der Waals surface area contributed by atoms with Gasteiger partial charge >= 0.3 is 5.97 Å². The Labute approximate surface area is 108 Å². The van der Waals surface area contributed by atoms with Gasteiger partial charge in [-0.2, -0.15) is 0 Å². The average molecular weight is 257 g/mol. The molecular weight excluding hydrogens is 234 g/mol. The Balaban J connectivity index is 2.14. The number of carboxylic acid groups (broad SMARTS) is 1. The standard InChI is InChI=1S/C13H23NO4/c1-2-10(5-6-12(15)16)7-8-14-13(17)11-4-3-9-18-11/h10-11H,2-9H2,1H3,(H,14,17)(H,15,16)/t10?,11-/m1/s1. The van der Waals surface area contributed by atoms with Gasteiger partial charge in [0, 0.05) is 19.6 Å². The summed E-state index contributed by atoms with van der Waals surface area (Å²) in [6.07, 6.45) is 4.16. The molecule has 5 nitrogen and oxygen atoms in total. The number of carbonyl (C=O) groups excluding carboxylic acids is 1. The minimum Gasteiger partial charge on any atom is -0.481 e. The molecule has 1 amide bonds. The summed E-state index contributed by atoms with van der Waals surface area (Å²) in [6, 6.07) is 0. The summed E-state index contributed by atoms with van der Waals surface area (Å²) in [6.45, 7) is 3.33. The first-order valence-corrected chi connectivity index (χ1v) is 6.74. The van der Waals surface area contributed by atoms with E-state index in [-0.39, 0.29) is 18.4 Å². The first-order chi connectivity index (χ1) is 8.63. The van der Waals surface area contributed by atoms with E-state index in [1.54, 1.807) is 0 Å². The van der Waals surface area contributed by atoms with Gasteiger partial charge in [0.25, 0.3) is 0 Å². The number of carboxylic acids is 1. The summed E-state index contributed by atoms with van der Waals surface area (Å²) in [5.74, 6) is -0.414. The van der Waals surface area contributed by atoms with Crippen LogP contribution in [0.3, 0.4) is 0 Å². The smallest absolute Gasteiger partial charge is 0.303 e. The fraction of sp³-hybridized carbons (Fsp3) is 0.846. The highest BCUT2D eigenvalue weighted by molar-refractivity contribution is 5.80. The van der Waals surface area contributed by atoms with Crippen LogP contribution in [-0.4, -0.2) is 36.2 Å². The zero-order chi connectivity index (χ0) is 13.4. The number of carbonyl (C=O) groups is 2. The second-order valence-electron chi connectivity index (χ2n) is 4.79. The number of hydrogen-bond acceptors (Lipinski definition) is 3. The second-order valence-corrected chi connectivity index (χ2v) is 4.79. The second kappa shape index (κ2) is 8.08. The first-order valence-electron chi connectivity index (χ1n) is 6.74. The molecule has 104 valence electrons. The van der Waals surface area contributed by atoms with Crippen LogP contribution in [0.5, 0.6) is 0 Å². The van der Waals surface area contributed by atoms with E-state index < -0.39 is 5.97 Å². The highest BCUT2D eigenvalue weighted by Crippen LogP contribution is 2.15. The average Bonchev–Trinajstić information content (AvgIpc) is 2.86. The van der Waals surface area contributed by atoms with Gasteiger partial charge in [0.2, 0.25) is 5.91 Å². The fourth-order valence-corrected chi connectivity index (χ4v) is 2.18. The van der Waals surface area contributed by atoms with E-state index in [1.807, 2.05) is 0 Å². The molecule has 5 heteroatoms. The van der Waals surface area contributed by atoms with Crippen LogP contribution < -0.4 is 5.32 Å². The molecule has 2 atom stereocenters. The molecule has 1 rings (SSSR count). The zero-order valence-corrected chi connectivity index (χ0v) is 11.0. The van der Waals surface area contributed by atoms with Gasteiger partial charge in [-0.3, -0.25) is 9.59 Å². The lowest BCUT2D eigenvalue weighted by atomic mass is 9.96. The minimum atomic E-state index is -0.753. The van der Waals surface area contributed by atoms with Gasteiger partial charge in [-0.1, -0.05) is 13.3 Å². The molecule has 2 N–H and O–H groups in total. The molecule has 1 heterocycles. The number of hydrogen-bond donors (Lipinski definition) is 2. The van der Waals surface area contributed by atoms with E-state index in [2.05, 4.69) is 12.2 Å². The number of rotatable bonds is 8. The third-order valence-corrected chi connectivity index (χ3v) is 3.42. The van der Waals surface area contributed by atoms with E-state index in [0.717, 1.165) is 25.7 Å². The molecule has 18 heavy (non-hydrogen) atoms. The lowest BCUT2D eigenvalue weighted by Gasteiger charge is -2.15. The Hall–Kier alpha value is -1.10. The Kier molecular flexibility index (Phi) is 6.72. The molecule has 0 saturated carbocycles. The van der Waals surface area contributed by atoms with Gasteiger partial charge < -0.3 is 15.2 Å². The molecule has 0 aromatic rings. The largest absolute Gasteiger partial charge is 0.481 e. The topological polar surface area (TPSA) is 75.6 Å². The minimum absolute atomic E-state index is 0.0272. The molecule has 0 radical (unpaired) electrons. The molecule has 1 fully saturated rings. The maximum absolute atomic E-state index is 11.7. The van der Waals surface area contributed by atoms with E-state index in [1.165, 1.54) is 0 Å². The highest BCUT2D eigenvalue weighted by atomic mass is 16.5. The number of aliphatic carboxylic acids is 1. The molecule has 0 aromatic heterocycles. The third kappa shape index (κ3) is 5.49. The third-order valence-electron chi connectivity index (χ3n) is 3.42. The van der Waals surface area contributed by atoms with Crippen molar-refractivity contribution in [3.8, 4) is 0 Å².